The number of benzene rings is 9. The molecule has 0 N–H and O–H groups in total. The molecule has 1 aliphatic rings. The number of rotatable bonds is 6. The quantitative estimate of drug-likeness (QED) is 0.157. The van der Waals surface area contributed by atoms with Crippen LogP contribution in [0.3, 0.4) is 0 Å². The van der Waals surface area contributed by atoms with Gasteiger partial charge in [-0.2, -0.15) is 0 Å². The Morgan fingerprint density at radius 1 is 0.238 bits per heavy atom. The van der Waals surface area contributed by atoms with Crippen molar-refractivity contribution in [2.24, 2.45) is 0 Å². The first kappa shape index (κ1) is 36.1. The van der Waals surface area contributed by atoms with Crippen molar-refractivity contribution in [2.45, 2.75) is 0 Å². The predicted molar refractivity (Wildman–Crippen MR) is 262 cm³/mol. The topological polar surface area (TPSA) is 42.5 Å². The molecule has 0 atom stereocenters. The van der Waals surface area contributed by atoms with Gasteiger partial charge in [-0.15, -0.1) is 0 Å². The van der Waals surface area contributed by atoms with Crippen LogP contribution in [-0.4, -0.2) is 35.1 Å². The molecule has 6 nitrogen and oxygen atoms in total. The second kappa shape index (κ2) is 14.5. The number of fused-ring (bicyclic) bond motifs is 9. The fraction of sp³-hybridized carbons (Fsp3) is 0. The third kappa shape index (κ3) is 5.82. The second-order valence-electron chi connectivity index (χ2n) is 16.3. The highest BCUT2D eigenvalue weighted by Gasteiger charge is 2.44. The molecule has 1 fully saturated rings. The Bertz CT molecular complexity index is 3530. The Hall–Kier alpha value is -7.55. The van der Waals surface area contributed by atoms with Crippen LogP contribution in [-0.2, 0) is 13.7 Å². The summed E-state index contributed by atoms with van der Waals surface area (Å²) < 4.78 is 27.9. The summed E-state index contributed by atoms with van der Waals surface area (Å²) in [6, 6.07) is 77.0. The highest BCUT2D eigenvalue weighted by molar-refractivity contribution is 6.87. The minimum Gasteiger partial charge on any atom is -0.445 e. The highest BCUT2D eigenvalue weighted by atomic mass is 16.7. The maximum Gasteiger partial charge on any atom is 0.467 e. The van der Waals surface area contributed by atoms with Crippen LogP contribution in [0.2, 0.25) is 0 Å². The molecular formula is C54H36B3N3O3. The Labute approximate surface area is 364 Å². The van der Waals surface area contributed by atoms with Crippen LogP contribution >= 0.6 is 0 Å². The normalized spacial score (nSPS) is 13.4. The zero-order valence-corrected chi connectivity index (χ0v) is 34.1. The molecule has 4 heterocycles. The van der Waals surface area contributed by atoms with Gasteiger partial charge >= 0.3 is 21.4 Å². The van der Waals surface area contributed by atoms with Gasteiger partial charge in [0.15, 0.2) is 0 Å². The van der Waals surface area contributed by atoms with Crippen LogP contribution in [0.15, 0.2) is 218 Å². The van der Waals surface area contributed by atoms with Crippen LogP contribution in [0.4, 0.5) is 0 Å². The molecule has 13 rings (SSSR count). The fourth-order valence-electron chi connectivity index (χ4n) is 9.88. The van der Waals surface area contributed by atoms with E-state index in [1.54, 1.807) is 0 Å². The van der Waals surface area contributed by atoms with E-state index in [-0.39, 0.29) is 0 Å². The molecule has 63 heavy (non-hydrogen) atoms. The summed E-state index contributed by atoms with van der Waals surface area (Å²) in [5.74, 6) is 0. The molecular weight excluding hydrogens is 771 g/mol. The van der Waals surface area contributed by atoms with E-state index in [0.717, 1.165) is 88.1 Å². The SMILES string of the molecule is c1ccc(-n2c3ccccc3c3cc(B4OB(c5ccc6c(c5)c5ccccc5n6-c5ccccc5)OB(c5ccc6c7ccccc7n(-c7ccccc7)c6c5)O4)ccc32)cc1. The zero-order chi connectivity index (χ0) is 41.4. The van der Waals surface area contributed by atoms with Crippen LogP contribution in [0.25, 0.3) is 82.5 Å². The van der Waals surface area contributed by atoms with E-state index < -0.39 is 21.4 Å². The van der Waals surface area contributed by atoms with Crippen molar-refractivity contribution in [3.8, 4) is 17.1 Å². The van der Waals surface area contributed by atoms with Crippen LogP contribution in [0.5, 0.6) is 0 Å². The van der Waals surface area contributed by atoms with Crippen molar-refractivity contribution in [3.63, 3.8) is 0 Å². The zero-order valence-electron chi connectivity index (χ0n) is 34.1. The third-order valence-corrected chi connectivity index (χ3v) is 12.7. The predicted octanol–water partition coefficient (Wildman–Crippen LogP) is 10.5. The Morgan fingerprint density at radius 2 is 0.540 bits per heavy atom. The molecule has 3 aromatic heterocycles. The van der Waals surface area contributed by atoms with Crippen LogP contribution in [0.1, 0.15) is 0 Å². The molecule has 9 heteroatoms. The van der Waals surface area contributed by atoms with E-state index in [0.29, 0.717) is 0 Å². The average Bonchev–Trinajstić information content (AvgIpc) is 3.99. The van der Waals surface area contributed by atoms with Gasteiger partial charge in [-0.25, -0.2) is 0 Å². The summed E-state index contributed by atoms with van der Waals surface area (Å²) in [5, 5.41) is 6.94. The molecule has 294 valence electrons. The van der Waals surface area contributed by atoms with E-state index in [2.05, 4.69) is 232 Å². The van der Waals surface area contributed by atoms with Gasteiger partial charge in [0.25, 0.3) is 0 Å². The molecule has 0 saturated carbocycles. The summed E-state index contributed by atoms with van der Waals surface area (Å²) in [5.41, 5.74) is 12.8. The first-order valence-electron chi connectivity index (χ1n) is 21.5. The molecule has 1 aliphatic heterocycles. The van der Waals surface area contributed by atoms with E-state index in [4.69, 9.17) is 13.7 Å². The summed E-state index contributed by atoms with van der Waals surface area (Å²) >= 11 is 0. The Morgan fingerprint density at radius 3 is 0.968 bits per heavy atom. The van der Waals surface area contributed by atoms with Crippen molar-refractivity contribution in [1.29, 1.82) is 0 Å². The molecule has 9 aromatic carbocycles. The van der Waals surface area contributed by atoms with Gasteiger partial charge in [0.05, 0.1) is 33.1 Å². The molecule has 0 unspecified atom stereocenters. The van der Waals surface area contributed by atoms with Gasteiger partial charge in [0.1, 0.15) is 0 Å². The molecule has 1 saturated heterocycles. The fourth-order valence-corrected chi connectivity index (χ4v) is 9.88. The molecule has 12 aromatic rings. The van der Waals surface area contributed by atoms with Gasteiger partial charge in [-0.1, -0.05) is 146 Å². The first-order chi connectivity index (χ1) is 31.2. The lowest BCUT2D eigenvalue weighted by molar-refractivity contribution is 0.308. The summed E-state index contributed by atoms with van der Waals surface area (Å²) in [6.45, 7) is 0. The van der Waals surface area contributed by atoms with Crippen molar-refractivity contribution in [1.82, 2.24) is 13.7 Å². The number of nitrogens with zero attached hydrogens (tertiary/aromatic N) is 3. The number of hydrogen-bond donors (Lipinski definition) is 0. The van der Waals surface area contributed by atoms with Gasteiger partial charge in [-0.05, 0) is 89.2 Å². The minimum absolute atomic E-state index is 0.742. The van der Waals surface area contributed by atoms with E-state index in [1.807, 2.05) is 0 Å². The average molecular weight is 807 g/mol. The Balaban J connectivity index is 0.974. The first-order valence-corrected chi connectivity index (χ1v) is 21.5. The van der Waals surface area contributed by atoms with E-state index in [1.165, 1.54) is 10.8 Å². The van der Waals surface area contributed by atoms with Crippen LogP contribution in [0, 0.1) is 0 Å². The lowest BCUT2D eigenvalue weighted by atomic mass is 9.61. The van der Waals surface area contributed by atoms with E-state index in [9.17, 15) is 0 Å². The number of hydrogen-bond acceptors (Lipinski definition) is 3. The Kier molecular flexibility index (Phi) is 8.34. The smallest absolute Gasteiger partial charge is 0.445 e. The highest BCUT2D eigenvalue weighted by Crippen LogP contribution is 2.35. The second-order valence-corrected chi connectivity index (χ2v) is 16.3. The summed E-state index contributed by atoms with van der Waals surface area (Å²) in [6.07, 6.45) is 0. The standard InChI is InChI=1S/C54H36B3N3O3/c1-4-16-40(17-5-1)58-50-26-14-11-23-44(50)47-34-37(29-32-52(47)58)55-61-56(38-30-33-53-48(35-38)45-24-12-15-27-51(45)59(53)41-18-6-2-7-19-41)63-57(62-55)39-28-31-46-43-22-10-13-25-49(43)60(54(46)36-39)42-20-8-3-9-21-42/h1-36H. The number of para-hydroxylation sites is 6. The largest absolute Gasteiger partial charge is 0.467 e. The lowest BCUT2D eigenvalue weighted by Crippen LogP contribution is -2.61. The monoisotopic (exact) mass is 807 g/mol. The number of aromatic nitrogens is 3. The summed E-state index contributed by atoms with van der Waals surface area (Å²) in [7, 11) is -2.23. The van der Waals surface area contributed by atoms with Crippen LogP contribution < -0.4 is 16.4 Å². The molecule has 0 amide bonds. The van der Waals surface area contributed by atoms with Gasteiger partial charge in [0.2, 0.25) is 0 Å². The molecule has 0 radical (unpaired) electrons. The van der Waals surface area contributed by atoms with Crippen molar-refractivity contribution in [3.05, 3.63) is 218 Å². The maximum absolute atomic E-state index is 6.99. The molecule has 0 bridgehead atoms. The maximum atomic E-state index is 6.99. The summed E-state index contributed by atoms with van der Waals surface area (Å²) in [4.78, 5) is 0. The molecule has 0 aliphatic carbocycles. The van der Waals surface area contributed by atoms with E-state index >= 15 is 0 Å². The van der Waals surface area contributed by atoms with Crippen molar-refractivity contribution in [2.75, 3.05) is 0 Å². The minimum atomic E-state index is -0.747. The van der Waals surface area contributed by atoms with Gasteiger partial charge in [0, 0.05) is 49.4 Å². The van der Waals surface area contributed by atoms with Crippen molar-refractivity contribution < 1.29 is 13.7 Å². The lowest BCUT2D eigenvalue weighted by Gasteiger charge is -2.31. The molecule has 0 spiro atoms. The van der Waals surface area contributed by atoms with Gasteiger partial charge in [-0.3, -0.25) is 0 Å². The third-order valence-electron chi connectivity index (χ3n) is 12.7. The van der Waals surface area contributed by atoms with Crippen molar-refractivity contribution >= 4 is 103 Å². The van der Waals surface area contributed by atoms with Gasteiger partial charge < -0.3 is 27.4 Å².